The molecule has 4 atom stereocenters. The van der Waals surface area contributed by atoms with Gasteiger partial charge in [-0.1, -0.05) is 45.1 Å². The van der Waals surface area contributed by atoms with Crippen molar-refractivity contribution in [3.8, 4) is 0 Å². The summed E-state index contributed by atoms with van der Waals surface area (Å²) in [5, 5.41) is 10.2. The number of hydrogen-bond acceptors (Lipinski definition) is 6. The third-order valence-electron chi connectivity index (χ3n) is 10.2. The molecule has 2 fully saturated rings. The third-order valence-corrected chi connectivity index (χ3v) is 14.7. The molecule has 0 aromatic carbocycles. The van der Waals surface area contributed by atoms with Crippen LogP contribution in [-0.2, 0) is 17.3 Å². The quantitative estimate of drug-likeness (QED) is 0.428. The summed E-state index contributed by atoms with van der Waals surface area (Å²) in [6.07, 6.45) is 14.6. The number of aromatic nitrogens is 2. The molecule has 0 amide bonds. The number of rotatable bonds is 6. The van der Waals surface area contributed by atoms with E-state index in [1.165, 1.54) is 33.7 Å². The van der Waals surface area contributed by atoms with Crippen LogP contribution in [0.2, 0.25) is 18.1 Å². The minimum absolute atomic E-state index is 0.179. The van der Waals surface area contributed by atoms with Crippen LogP contribution in [-0.4, -0.2) is 84.7 Å². The number of aliphatic hydroxyl groups excluding tert-OH is 1. The van der Waals surface area contributed by atoms with Gasteiger partial charge >= 0.3 is 0 Å². The van der Waals surface area contributed by atoms with Gasteiger partial charge in [0.1, 0.15) is 0 Å². The van der Waals surface area contributed by atoms with Crippen molar-refractivity contribution in [2.45, 2.75) is 102 Å². The average molecular weight is 575 g/mol. The summed E-state index contributed by atoms with van der Waals surface area (Å²) in [6, 6.07) is 9.17. The highest BCUT2D eigenvalue weighted by Crippen LogP contribution is 2.41. The Hall–Kier alpha value is -2.16. The number of likely N-dealkylation sites (N-methyl/N-ethyl adjacent to an activating group) is 2. The zero-order chi connectivity index (χ0) is 29.4. The normalized spacial score (nSPS) is 26.3. The summed E-state index contributed by atoms with van der Waals surface area (Å²) in [6.45, 7) is 13.9. The van der Waals surface area contributed by atoms with Gasteiger partial charge in [-0.25, -0.2) is 0 Å². The summed E-state index contributed by atoms with van der Waals surface area (Å²) >= 11 is 0. The van der Waals surface area contributed by atoms with Gasteiger partial charge in [-0.2, -0.15) is 0 Å². The molecular formula is C34H50N4O2Si. The van der Waals surface area contributed by atoms with Crippen LogP contribution in [0, 0.1) is 0 Å². The van der Waals surface area contributed by atoms with E-state index in [1.54, 1.807) is 0 Å². The Balaban J connectivity index is 0.000000174. The lowest BCUT2D eigenvalue weighted by molar-refractivity contribution is 0.129. The zero-order valence-electron chi connectivity index (χ0n) is 26.2. The second-order valence-electron chi connectivity index (χ2n) is 13.9. The molecule has 0 spiro atoms. The first-order valence-electron chi connectivity index (χ1n) is 15.5. The first-order chi connectivity index (χ1) is 19.4. The van der Waals surface area contributed by atoms with Crippen molar-refractivity contribution in [3.63, 3.8) is 0 Å². The number of aliphatic hydroxyl groups is 1. The van der Waals surface area contributed by atoms with Crippen LogP contribution in [0.15, 0.2) is 48.8 Å². The fourth-order valence-electron chi connectivity index (χ4n) is 6.52. The minimum Gasteiger partial charge on any atom is -0.412 e. The molecule has 0 unspecified atom stereocenters. The van der Waals surface area contributed by atoms with Crippen LogP contribution >= 0.6 is 0 Å². The van der Waals surface area contributed by atoms with E-state index in [9.17, 15) is 5.11 Å². The lowest BCUT2D eigenvalue weighted by Gasteiger charge is -2.40. The highest BCUT2D eigenvalue weighted by molar-refractivity contribution is 6.74. The van der Waals surface area contributed by atoms with Crippen molar-refractivity contribution in [1.82, 2.24) is 19.8 Å². The Kier molecular flexibility index (Phi) is 9.03. The van der Waals surface area contributed by atoms with E-state index in [0.29, 0.717) is 12.1 Å². The zero-order valence-corrected chi connectivity index (χ0v) is 27.2. The van der Waals surface area contributed by atoms with E-state index >= 15 is 0 Å². The van der Waals surface area contributed by atoms with E-state index in [-0.39, 0.29) is 17.2 Å². The van der Waals surface area contributed by atoms with Crippen LogP contribution in [0.25, 0.3) is 11.1 Å². The highest BCUT2D eigenvalue weighted by Gasteiger charge is 2.43. The van der Waals surface area contributed by atoms with Crippen LogP contribution < -0.4 is 0 Å². The Labute approximate surface area is 248 Å². The Morgan fingerprint density at radius 2 is 1.37 bits per heavy atom. The smallest absolute Gasteiger partial charge is 0.192 e. The molecule has 7 heteroatoms. The summed E-state index contributed by atoms with van der Waals surface area (Å²) in [5.74, 6) is 0. The maximum Gasteiger partial charge on any atom is 0.192 e. The molecule has 6 nitrogen and oxygen atoms in total. The van der Waals surface area contributed by atoms with Crippen molar-refractivity contribution in [1.29, 1.82) is 0 Å². The van der Waals surface area contributed by atoms with Crippen molar-refractivity contribution in [3.05, 3.63) is 71.3 Å². The van der Waals surface area contributed by atoms with Crippen molar-refractivity contribution >= 4 is 19.5 Å². The maximum atomic E-state index is 9.98. The van der Waals surface area contributed by atoms with Gasteiger partial charge in [0.25, 0.3) is 0 Å². The number of pyridine rings is 2. The SMILES string of the molecule is CN1CC[C@H](O)[C@H]1CC1=CCc2ncccc21.CN1CC[C@H](O[Si](C)(C)C(C)(C)C)[C@H]1CC1=CCc2ncccc21. The fourth-order valence-corrected chi connectivity index (χ4v) is 7.90. The predicted molar refractivity (Wildman–Crippen MR) is 171 cm³/mol. The van der Waals surface area contributed by atoms with E-state index in [1.807, 2.05) is 18.5 Å². The minimum atomic E-state index is -1.73. The fraction of sp³-hybridized carbons (Fsp3) is 0.588. The van der Waals surface area contributed by atoms with Crippen molar-refractivity contribution < 1.29 is 9.53 Å². The number of fused-ring (bicyclic) bond motifs is 2. The molecule has 4 heterocycles. The second-order valence-corrected chi connectivity index (χ2v) is 18.7. The summed E-state index contributed by atoms with van der Waals surface area (Å²) in [7, 11) is 2.62. The molecule has 2 aromatic rings. The molecular weight excluding hydrogens is 524 g/mol. The third kappa shape index (κ3) is 6.60. The number of likely N-dealkylation sites (tertiary alicyclic amines) is 2. The van der Waals surface area contributed by atoms with Gasteiger partial charge < -0.3 is 19.3 Å². The molecule has 4 aliphatic rings. The maximum absolute atomic E-state index is 9.98. The monoisotopic (exact) mass is 574 g/mol. The summed E-state index contributed by atoms with van der Waals surface area (Å²) in [4.78, 5) is 13.7. The van der Waals surface area contributed by atoms with E-state index < -0.39 is 8.32 Å². The number of nitrogens with zero attached hydrogens (tertiary/aromatic N) is 4. The standard InChI is InChI=1S/C20H32N2OSi.C14H18N2O/c1-20(2,3)24(5,6)23-19-11-13-22(4)18(19)14-15-9-10-17-16(15)8-7-12-21-17;1-16-8-6-14(17)13(16)9-10-4-5-12-11(10)3-2-7-15-12/h7-9,12,18-19H,10-11,13-14H2,1-6H3;2-4,7,13-14,17H,5-6,8-9H2,1H3/t18-,19+;13-,14+/m11/s1. The van der Waals surface area contributed by atoms with Gasteiger partial charge in [-0.05, 0) is 92.3 Å². The van der Waals surface area contributed by atoms with Gasteiger partial charge in [0, 0.05) is 50.4 Å². The second kappa shape index (κ2) is 12.2. The lowest BCUT2D eigenvalue weighted by Crippen LogP contribution is -2.47. The van der Waals surface area contributed by atoms with E-state index in [0.717, 1.165) is 51.6 Å². The molecule has 2 saturated heterocycles. The molecule has 2 aliphatic carbocycles. The molecule has 2 aliphatic heterocycles. The van der Waals surface area contributed by atoms with E-state index in [4.69, 9.17) is 4.43 Å². The van der Waals surface area contributed by atoms with Gasteiger partial charge in [0.05, 0.1) is 23.6 Å². The molecule has 1 N–H and O–H groups in total. The predicted octanol–water partition coefficient (Wildman–Crippen LogP) is 5.98. The van der Waals surface area contributed by atoms with Crippen molar-refractivity contribution in [2.24, 2.45) is 0 Å². The summed E-state index contributed by atoms with van der Waals surface area (Å²) in [5.41, 5.74) is 7.85. The number of hydrogen-bond donors (Lipinski definition) is 1. The molecule has 41 heavy (non-hydrogen) atoms. The van der Waals surface area contributed by atoms with Crippen LogP contribution in [0.5, 0.6) is 0 Å². The lowest BCUT2D eigenvalue weighted by atomic mass is 9.99. The first-order valence-corrected chi connectivity index (χ1v) is 18.4. The topological polar surface area (TPSA) is 61.7 Å². The number of allylic oxidation sites excluding steroid dienone is 2. The van der Waals surface area contributed by atoms with Crippen LogP contribution in [0.4, 0.5) is 0 Å². The largest absolute Gasteiger partial charge is 0.412 e. The summed E-state index contributed by atoms with van der Waals surface area (Å²) < 4.78 is 6.80. The average Bonchev–Trinajstić information content (AvgIpc) is 3.69. The Morgan fingerprint density at radius 1 is 0.854 bits per heavy atom. The molecule has 6 rings (SSSR count). The molecule has 2 aromatic heterocycles. The van der Waals surface area contributed by atoms with Crippen LogP contribution in [0.3, 0.4) is 0 Å². The van der Waals surface area contributed by atoms with E-state index in [2.05, 4.69) is 98.1 Å². The molecule has 0 bridgehead atoms. The highest BCUT2D eigenvalue weighted by atomic mass is 28.4. The van der Waals surface area contributed by atoms with Crippen molar-refractivity contribution in [2.75, 3.05) is 27.2 Å². The van der Waals surface area contributed by atoms with Gasteiger partial charge in [0.15, 0.2) is 8.32 Å². The molecule has 0 saturated carbocycles. The Morgan fingerprint density at radius 3 is 1.88 bits per heavy atom. The van der Waals surface area contributed by atoms with Crippen LogP contribution in [0.1, 0.15) is 69.0 Å². The van der Waals surface area contributed by atoms with Gasteiger partial charge in [0.2, 0.25) is 0 Å². The van der Waals surface area contributed by atoms with Gasteiger partial charge in [-0.15, -0.1) is 0 Å². The Bertz CT molecular complexity index is 1270. The molecule has 222 valence electrons. The first kappa shape index (κ1) is 30.3. The molecule has 0 radical (unpaired) electrons. The van der Waals surface area contributed by atoms with Gasteiger partial charge in [-0.3, -0.25) is 9.97 Å².